The number of carbonyl (C=O) groups is 1. The van der Waals surface area contributed by atoms with Crippen LogP contribution in [0.1, 0.15) is 91.5 Å². The Balaban J connectivity index is 1.36. The molecular weight excluding hydrogens is 570 g/mol. The first-order valence-electron chi connectivity index (χ1n) is 15.9. The Morgan fingerprint density at radius 1 is 1.11 bits per heavy atom. The van der Waals surface area contributed by atoms with Crippen LogP contribution in [0.2, 0.25) is 0 Å². The molecule has 1 aromatic heterocycles. The average Bonchev–Trinajstić information content (AvgIpc) is 3.45. The van der Waals surface area contributed by atoms with Gasteiger partial charge in [-0.05, 0) is 62.6 Å². The van der Waals surface area contributed by atoms with E-state index in [4.69, 9.17) is 14.2 Å². The number of carboxylic acids is 1. The Morgan fingerprint density at radius 2 is 1.87 bits per heavy atom. The van der Waals surface area contributed by atoms with Crippen LogP contribution < -0.4 is 4.74 Å². The summed E-state index contributed by atoms with van der Waals surface area (Å²) in [4.78, 5) is 12.4. The smallest absolute Gasteiger partial charge is 0.339 e. The summed E-state index contributed by atoms with van der Waals surface area (Å²) in [6, 6.07) is 11.9. The van der Waals surface area contributed by atoms with E-state index in [1.807, 2.05) is 49.5 Å². The minimum Gasteiger partial charge on any atom is -0.507 e. The maximum absolute atomic E-state index is 12.4. The van der Waals surface area contributed by atoms with Gasteiger partial charge < -0.3 is 24.4 Å². The van der Waals surface area contributed by atoms with Gasteiger partial charge in [0, 0.05) is 11.5 Å². The van der Waals surface area contributed by atoms with Gasteiger partial charge in [-0.1, -0.05) is 79.1 Å². The molecule has 1 heterocycles. The molecule has 2 N–H and O–H groups in total. The molecule has 9 nitrogen and oxygen atoms in total. The van der Waals surface area contributed by atoms with E-state index < -0.39 is 5.97 Å². The van der Waals surface area contributed by atoms with Gasteiger partial charge in [0.05, 0.1) is 39.2 Å². The van der Waals surface area contributed by atoms with Crippen LogP contribution >= 0.6 is 0 Å². The summed E-state index contributed by atoms with van der Waals surface area (Å²) in [7, 11) is 0. The lowest BCUT2D eigenvalue weighted by Gasteiger charge is -2.32. The van der Waals surface area contributed by atoms with Crippen LogP contribution in [-0.2, 0) is 29.0 Å². The fraction of sp³-hybridized carbons (Fsp3) is 0.472. The molecule has 0 bridgehead atoms. The number of nitrogens with zero attached hydrogens (tertiary/aromatic N) is 3. The van der Waals surface area contributed by atoms with Gasteiger partial charge in [0.25, 0.3) is 0 Å². The number of phenols is 1. The van der Waals surface area contributed by atoms with Crippen molar-refractivity contribution in [2.45, 2.75) is 78.4 Å². The lowest BCUT2D eigenvalue weighted by atomic mass is 9.73. The van der Waals surface area contributed by atoms with E-state index in [-0.39, 0.29) is 29.8 Å². The molecule has 2 aromatic carbocycles. The molecule has 0 aliphatic heterocycles. The molecule has 242 valence electrons. The van der Waals surface area contributed by atoms with Crippen molar-refractivity contribution in [2.24, 2.45) is 5.92 Å². The molecule has 3 aromatic rings. The number of aromatic hydroxyl groups is 1. The van der Waals surface area contributed by atoms with Crippen LogP contribution in [0.4, 0.5) is 0 Å². The van der Waals surface area contributed by atoms with E-state index in [0.717, 1.165) is 48.9 Å². The number of allylic oxidation sites excluding steroid dienone is 3. The standard InChI is InChI=1S/C36H47N3O6/c1-5-6-8-13-28-21-32(34(35(40)33(28)36(41)42)31-20-26(4)14-15-30(31)25(2)3)45-19-18-43-16-17-44-24-29-23-39(38-37-29)22-27-11-9-7-10-12-27/h7,9-12,20-21,23,30-31,40H,2,5-6,8,13-19,22,24H2,1,3-4H3,(H,41,42). The average molecular weight is 618 g/mol. The Kier molecular flexibility index (Phi) is 12.8. The quantitative estimate of drug-likeness (QED) is 0.115. The third kappa shape index (κ3) is 9.52. The zero-order chi connectivity index (χ0) is 32.2. The second-order valence-electron chi connectivity index (χ2n) is 11.9. The van der Waals surface area contributed by atoms with Crippen LogP contribution in [0.3, 0.4) is 0 Å². The first-order chi connectivity index (χ1) is 21.8. The number of ether oxygens (including phenoxy) is 3. The summed E-state index contributed by atoms with van der Waals surface area (Å²) in [5.74, 6) is -0.984. The van der Waals surface area contributed by atoms with Crippen molar-refractivity contribution in [2.75, 3.05) is 26.4 Å². The molecule has 1 aliphatic rings. The maximum Gasteiger partial charge on any atom is 0.339 e. The minimum atomic E-state index is -1.13. The normalized spacial score (nSPS) is 16.4. The number of benzene rings is 2. The molecule has 4 rings (SSSR count). The Labute approximate surface area is 266 Å². The summed E-state index contributed by atoms with van der Waals surface area (Å²) in [6.07, 6.45) is 9.20. The molecule has 45 heavy (non-hydrogen) atoms. The minimum absolute atomic E-state index is 0.0287. The van der Waals surface area contributed by atoms with Crippen LogP contribution in [0, 0.1) is 5.92 Å². The first-order valence-corrected chi connectivity index (χ1v) is 15.9. The number of hydrogen-bond donors (Lipinski definition) is 2. The highest BCUT2D eigenvalue weighted by atomic mass is 16.5. The highest BCUT2D eigenvalue weighted by molar-refractivity contribution is 5.94. The first kappa shape index (κ1) is 33.9. The third-order valence-corrected chi connectivity index (χ3v) is 8.24. The molecule has 0 saturated heterocycles. The molecule has 0 saturated carbocycles. The predicted molar refractivity (Wildman–Crippen MR) is 174 cm³/mol. The van der Waals surface area contributed by atoms with E-state index >= 15 is 0 Å². The predicted octanol–water partition coefficient (Wildman–Crippen LogP) is 7.09. The van der Waals surface area contributed by atoms with Crippen molar-refractivity contribution in [3.8, 4) is 11.5 Å². The summed E-state index contributed by atoms with van der Waals surface area (Å²) < 4.78 is 19.5. The Hall–Kier alpha value is -3.95. The Morgan fingerprint density at radius 3 is 2.60 bits per heavy atom. The number of unbranched alkanes of at least 4 members (excludes halogenated alkanes) is 2. The number of hydrogen-bond acceptors (Lipinski definition) is 7. The zero-order valence-electron chi connectivity index (χ0n) is 26.8. The lowest BCUT2D eigenvalue weighted by Crippen LogP contribution is -2.20. The molecule has 0 spiro atoms. The number of rotatable bonds is 18. The molecule has 0 amide bonds. The Bertz CT molecular complexity index is 1450. The van der Waals surface area contributed by atoms with E-state index in [0.29, 0.717) is 56.3 Å². The fourth-order valence-corrected chi connectivity index (χ4v) is 5.92. The van der Waals surface area contributed by atoms with E-state index in [2.05, 4.69) is 36.8 Å². The molecular formula is C36H47N3O6. The highest BCUT2D eigenvalue weighted by Gasteiger charge is 2.33. The summed E-state index contributed by atoms with van der Waals surface area (Å²) in [5.41, 5.74) is 5.18. The van der Waals surface area contributed by atoms with Crippen molar-refractivity contribution in [3.63, 3.8) is 0 Å². The fourth-order valence-electron chi connectivity index (χ4n) is 5.92. The zero-order valence-corrected chi connectivity index (χ0v) is 26.8. The second-order valence-corrected chi connectivity index (χ2v) is 11.9. The van der Waals surface area contributed by atoms with Crippen molar-refractivity contribution in [1.29, 1.82) is 0 Å². The molecule has 0 fully saturated rings. The molecule has 2 unspecified atom stereocenters. The van der Waals surface area contributed by atoms with Crippen molar-refractivity contribution >= 4 is 5.97 Å². The highest BCUT2D eigenvalue weighted by Crippen LogP contribution is 2.48. The molecule has 9 heteroatoms. The van der Waals surface area contributed by atoms with Crippen molar-refractivity contribution in [1.82, 2.24) is 15.0 Å². The van der Waals surface area contributed by atoms with Gasteiger partial charge in [-0.25, -0.2) is 9.48 Å². The van der Waals surface area contributed by atoms with Gasteiger partial charge in [-0.3, -0.25) is 0 Å². The SMILES string of the molecule is C=C(C)C1CCC(C)=CC1c1c(OCCOCCOCc2cn(Cc3ccccc3)nn2)cc(CCCCC)c(C(=O)O)c1O. The van der Waals surface area contributed by atoms with Gasteiger partial charge in [0.1, 0.15) is 29.4 Å². The lowest BCUT2D eigenvalue weighted by molar-refractivity contribution is 0.0292. The summed E-state index contributed by atoms with van der Waals surface area (Å²) in [6.45, 7) is 12.7. The van der Waals surface area contributed by atoms with Crippen LogP contribution in [-0.4, -0.2) is 57.6 Å². The van der Waals surface area contributed by atoms with Gasteiger partial charge in [0.2, 0.25) is 0 Å². The van der Waals surface area contributed by atoms with Crippen LogP contribution in [0.25, 0.3) is 0 Å². The second kappa shape index (κ2) is 16.9. The summed E-state index contributed by atoms with van der Waals surface area (Å²) >= 11 is 0. The number of aromatic carboxylic acids is 1. The van der Waals surface area contributed by atoms with Gasteiger partial charge in [0.15, 0.2) is 0 Å². The number of aryl methyl sites for hydroxylation is 1. The molecule has 2 atom stereocenters. The van der Waals surface area contributed by atoms with Gasteiger partial charge in [-0.2, -0.15) is 0 Å². The van der Waals surface area contributed by atoms with Crippen molar-refractivity contribution in [3.05, 3.63) is 94.3 Å². The number of aromatic nitrogens is 3. The largest absolute Gasteiger partial charge is 0.507 e. The molecule has 1 aliphatic carbocycles. The van der Waals surface area contributed by atoms with E-state index in [1.54, 1.807) is 4.68 Å². The van der Waals surface area contributed by atoms with E-state index in [1.165, 1.54) is 5.57 Å². The van der Waals surface area contributed by atoms with Crippen LogP contribution in [0.15, 0.2) is 66.4 Å². The van der Waals surface area contributed by atoms with Crippen molar-refractivity contribution < 1.29 is 29.2 Å². The van der Waals surface area contributed by atoms with E-state index in [9.17, 15) is 15.0 Å². The monoisotopic (exact) mass is 617 g/mol. The van der Waals surface area contributed by atoms with Crippen LogP contribution in [0.5, 0.6) is 11.5 Å². The number of carboxylic acid groups (broad SMARTS) is 1. The molecule has 0 radical (unpaired) electrons. The third-order valence-electron chi connectivity index (χ3n) is 8.24. The topological polar surface area (TPSA) is 116 Å². The van der Waals surface area contributed by atoms with Gasteiger partial charge >= 0.3 is 5.97 Å². The van der Waals surface area contributed by atoms with Gasteiger partial charge in [-0.15, -0.1) is 5.10 Å². The maximum atomic E-state index is 12.4. The summed E-state index contributed by atoms with van der Waals surface area (Å²) in [5, 5.41) is 30.0.